The van der Waals surface area contributed by atoms with Gasteiger partial charge >= 0.3 is 0 Å². The van der Waals surface area contributed by atoms with Crippen LogP contribution in [0.25, 0.3) is 0 Å². The van der Waals surface area contributed by atoms with Crippen LogP contribution in [0.2, 0.25) is 5.28 Å². The third-order valence-corrected chi connectivity index (χ3v) is 2.56. The summed E-state index contributed by atoms with van der Waals surface area (Å²) >= 11 is 5.96. The molecule has 1 aromatic heterocycles. The third kappa shape index (κ3) is 2.18. The molecular formula is C11H12ClN3. The van der Waals surface area contributed by atoms with Crippen LogP contribution in [0.4, 0.5) is 0 Å². The summed E-state index contributed by atoms with van der Waals surface area (Å²) < 4.78 is 1.93. The first-order valence-corrected chi connectivity index (χ1v) is 5.30. The predicted octanol–water partition coefficient (Wildman–Crippen LogP) is 2.54. The molecule has 0 aliphatic heterocycles. The van der Waals surface area contributed by atoms with Crippen LogP contribution in [-0.4, -0.2) is 14.8 Å². The van der Waals surface area contributed by atoms with Crippen LogP contribution in [0, 0.1) is 0 Å². The van der Waals surface area contributed by atoms with Crippen LogP contribution in [0.5, 0.6) is 0 Å². The Balaban J connectivity index is 2.27. The van der Waals surface area contributed by atoms with Crippen LogP contribution >= 0.6 is 11.6 Å². The van der Waals surface area contributed by atoms with Gasteiger partial charge in [0.2, 0.25) is 5.28 Å². The molecule has 0 saturated carbocycles. The van der Waals surface area contributed by atoms with E-state index in [1.807, 2.05) is 29.7 Å². The van der Waals surface area contributed by atoms with Crippen LogP contribution < -0.4 is 0 Å². The minimum atomic E-state index is 0.454. The summed E-state index contributed by atoms with van der Waals surface area (Å²) in [7, 11) is 0. The molecule has 1 heterocycles. The van der Waals surface area contributed by atoms with Gasteiger partial charge in [-0.15, -0.1) is 10.2 Å². The third-order valence-electron chi connectivity index (χ3n) is 2.28. The van der Waals surface area contributed by atoms with E-state index in [4.69, 9.17) is 11.6 Å². The van der Waals surface area contributed by atoms with Crippen molar-refractivity contribution >= 4 is 11.6 Å². The topological polar surface area (TPSA) is 30.7 Å². The van der Waals surface area contributed by atoms with E-state index in [1.54, 1.807) is 0 Å². The summed E-state index contributed by atoms with van der Waals surface area (Å²) in [4.78, 5) is 0. The highest BCUT2D eigenvalue weighted by Gasteiger charge is 2.08. The first-order chi connectivity index (χ1) is 7.31. The molecule has 0 unspecified atom stereocenters. The average molecular weight is 222 g/mol. The minimum Gasteiger partial charge on any atom is -0.297 e. The van der Waals surface area contributed by atoms with Gasteiger partial charge < -0.3 is 0 Å². The minimum absolute atomic E-state index is 0.454. The van der Waals surface area contributed by atoms with Crippen molar-refractivity contribution in [1.29, 1.82) is 0 Å². The van der Waals surface area contributed by atoms with E-state index in [0.717, 1.165) is 18.8 Å². The Hall–Kier alpha value is -1.35. The molecule has 4 heteroatoms. The number of aryl methyl sites for hydroxylation is 1. The standard InChI is InChI=1S/C11H12ClN3/c1-2-10-13-14-11(12)15(10)8-9-6-4-3-5-7-9/h3-7H,2,8H2,1H3. The Labute approximate surface area is 93.7 Å². The zero-order valence-electron chi connectivity index (χ0n) is 8.52. The number of hydrogen-bond donors (Lipinski definition) is 0. The number of hydrogen-bond acceptors (Lipinski definition) is 2. The molecule has 0 fully saturated rings. The van der Waals surface area contributed by atoms with Gasteiger partial charge in [-0.1, -0.05) is 37.3 Å². The van der Waals surface area contributed by atoms with E-state index >= 15 is 0 Å². The lowest BCUT2D eigenvalue weighted by atomic mass is 10.2. The lowest BCUT2D eigenvalue weighted by Crippen LogP contribution is -2.04. The Morgan fingerprint density at radius 1 is 1.20 bits per heavy atom. The van der Waals surface area contributed by atoms with Gasteiger partial charge in [0, 0.05) is 6.42 Å². The fourth-order valence-electron chi connectivity index (χ4n) is 1.50. The van der Waals surface area contributed by atoms with Gasteiger partial charge in [-0.3, -0.25) is 4.57 Å². The van der Waals surface area contributed by atoms with Crippen LogP contribution in [0.3, 0.4) is 0 Å². The second-order valence-electron chi connectivity index (χ2n) is 3.31. The first-order valence-electron chi connectivity index (χ1n) is 4.92. The van der Waals surface area contributed by atoms with Crippen LogP contribution in [-0.2, 0) is 13.0 Å². The Morgan fingerprint density at radius 2 is 1.93 bits per heavy atom. The lowest BCUT2D eigenvalue weighted by Gasteiger charge is -2.06. The number of aromatic nitrogens is 3. The van der Waals surface area contributed by atoms with Gasteiger partial charge in [-0.05, 0) is 17.2 Å². The van der Waals surface area contributed by atoms with Crippen molar-refractivity contribution in [3.8, 4) is 0 Å². The second kappa shape index (κ2) is 4.45. The summed E-state index contributed by atoms with van der Waals surface area (Å²) in [5.74, 6) is 0.920. The summed E-state index contributed by atoms with van der Waals surface area (Å²) in [6.45, 7) is 2.78. The van der Waals surface area contributed by atoms with Gasteiger partial charge in [0.25, 0.3) is 0 Å². The largest absolute Gasteiger partial charge is 0.297 e. The molecule has 0 amide bonds. The van der Waals surface area contributed by atoms with Crippen molar-refractivity contribution in [2.45, 2.75) is 19.9 Å². The number of rotatable bonds is 3. The van der Waals surface area contributed by atoms with Crippen molar-refractivity contribution in [2.24, 2.45) is 0 Å². The molecule has 0 atom stereocenters. The maximum atomic E-state index is 5.96. The van der Waals surface area contributed by atoms with Gasteiger partial charge in [0.05, 0.1) is 6.54 Å². The molecule has 2 aromatic rings. The first kappa shape index (κ1) is 10.2. The zero-order valence-corrected chi connectivity index (χ0v) is 9.28. The molecule has 2 rings (SSSR count). The van der Waals surface area contributed by atoms with Crippen molar-refractivity contribution in [1.82, 2.24) is 14.8 Å². The number of nitrogens with zero attached hydrogens (tertiary/aromatic N) is 3. The van der Waals surface area contributed by atoms with Gasteiger partial charge in [-0.2, -0.15) is 0 Å². The molecular weight excluding hydrogens is 210 g/mol. The summed E-state index contributed by atoms with van der Waals surface area (Å²) in [5.41, 5.74) is 1.20. The Bertz CT molecular complexity index is 436. The van der Waals surface area contributed by atoms with Crippen molar-refractivity contribution in [3.63, 3.8) is 0 Å². The molecule has 0 radical (unpaired) electrons. The fraction of sp³-hybridized carbons (Fsp3) is 0.273. The zero-order chi connectivity index (χ0) is 10.7. The number of benzene rings is 1. The molecule has 0 saturated heterocycles. The predicted molar refractivity (Wildman–Crippen MR) is 60.0 cm³/mol. The molecule has 0 spiro atoms. The maximum absolute atomic E-state index is 5.96. The maximum Gasteiger partial charge on any atom is 0.225 e. The fourth-order valence-corrected chi connectivity index (χ4v) is 1.69. The molecule has 0 bridgehead atoms. The highest BCUT2D eigenvalue weighted by Crippen LogP contribution is 2.12. The Morgan fingerprint density at radius 3 is 2.60 bits per heavy atom. The Kier molecular flexibility index (Phi) is 3.02. The molecule has 0 N–H and O–H groups in total. The highest BCUT2D eigenvalue weighted by molar-refractivity contribution is 6.28. The molecule has 3 nitrogen and oxygen atoms in total. The van der Waals surface area contributed by atoms with E-state index in [0.29, 0.717) is 5.28 Å². The van der Waals surface area contributed by atoms with E-state index in [2.05, 4.69) is 22.3 Å². The molecule has 0 aliphatic carbocycles. The van der Waals surface area contributed by atoms with E-state index in [-0.39, 0.29) is 0 Å². The SMILES string of the molecule is CCc1nnc(Cl)n1Cc1ccccc1. The van der Waals surface area contributed by atoms with Crippen molar-refractivity contribution < 1.29 is 0 Å². The molecule has 15 heavy (non-hydrogen) atoms. The normalized spacial score (nSPS) is 10.5. The lowest BCUT2D eigenvalue weighted by molar-refractivity contribution is 0.733. The molecule has 1 aromatic carbocycles. The van der Waals surface area contributed by atoms with Gasteiger partial charge in [-0.25, -0.2) is 0 Å². The average Bonchev–Trinajstić information content (AvgIpc) is 2.62. The van der Waals surface area contributed by atoms with Crippen LogP contribution in [0.1, 0.15) is 18.3 Å². The summed E-state index contributed by atoms with van der Waals surface area (Å²) in [6, 6.07) is 10.2. The monoisotopic (exact) mass is 221 g/mol. The molecule has 78 valence electrons. The quantitative estimate of drug-likeness (QED) is 0.798. The van der Waals surface area contributed by atoms with E-state index in [1.165, 1.54) is 5.56 Å². The number of halogens is 1. The van der Waals surface area contributed by atoms with Crippen molar-refractivity contribution in [2.75, 3.05) is 0 Å². The van der Waals surface area contributed by atoms with Gasteiger partial charge in [0.1, 0.15) is 5.82 Å². The van der Waals surface area contributed by atoms with E-state index in [9.17, 15) is 0 Å². The van der Waals surface area contributed by atoms with Crippen LogP contribution in [0.15, 0.2) is 30.3 Å². The summed E-state index contributed by atoms with van der Waals surface area (Å²) in [6.07, 6.45) is 0.840. The van der Waals surface area contributed by atoms with Gasteiger partial charge in [0.15, 0.2) is 0 Å². The summed E-state index contributed by atoms with van der Waals surface area (Å²) in [5, 5.41) is 8.33. The van der Waals surface area contributed by atoms with E-state index < -0.39 is 0 Å². The molecule has 0 aliphatic rings. The van der Waals surface area contributed by atoms with Crippen molar-refractivity contribution in [3.05, 3.63) is 47.0 Å². The second-order valence-corrected chi connectivity index (χ2v) is 3.65. The highest BCUT2D eigenvalue weighted by atomic mass is 35.5. The smallest absolute Gasteiger partial charge is 0.225 e.